The van der Waals surface area contributed by atoms with Crippen molar-refractivity contribution in [3.63, 3.8) is 0 Å². The van der Waals surface area contributed by atoms with E-state index < -0.39 is 0 Å². The van der Waals surface area contributed by atoms with Gasteiger partial charge in [0.2, 0.25) is 0 Å². The van der Waals surface area contributed by atoms with E-state index in [1.807, 2.05) is 36.4 Å². The average Bonchev–Trinajstić information content (AvgIpc) is 2.67. The summed E-state index contributed by atoms with van der Waals surface area (Å²) in [7, 11) is 3.07. The molecule has 0 aliphatic heterocycles. The van der Waals surface area contributed by atoms with Crippen LogP contribution in [0.2, 0.25) is 5.02 Å². The zero-order valence-electron chi connectivity index (χ0n) is 16.4. The molecule has 0 spiro atoms. The highest BCUT2D eigenvalue weighted by molar-refractivity contribution is 6.30. The van der Waals surface area contributed by atoms with Crippen LogP contribution in [0.3, 0.4) is 0 Å². The zero-order chi connectivity index (χ0) is 19.6. The molecule has 2 aromatic carbocycles. The molecule has 2 unspecified atom stereocenters. The number of hydrogen-bond donors (Lipinski definition) is 1. The van der Waals surface area contributed by atoms with Gasteiger partial charge in [0, 0.05) is 30.8 Å². The van der Waals surface area contributed by atoms with Crippen molar-refractivity contribution in [1.29, 1.82) is 0 Å². The third-order valence-corrected chi connectivity index (χ3v) is 4.53. The number of methoxy groups -OCH3 is 2. The second kappa shape index (κ2) is 12.6. The lowest BCUT2D eigenvalue weighted by molar-refractivity contribution is -0.134. The van der Waals surface area contributed by atoms with E-state index in [4.69, 9.17) is 16.3 Å². The van der Waals surface area contributed by atoms with Crippen molar-refractivity contribution in [3.05, 3.63) is 76.3 Å². The van der Waals surface area contributed by atoms with E-state index in [2.05, 4.69) is 29.1 Å². The first-order valence-corrected chi connectivity index (χ1v) is 9.26. The van der Waals surface area contributed by atoms with Crippen molar-refractivity contribution in [2.24, 2.45) is 0 Å². The van der Waals surface area contributed by atoms with Crippen molar-refractivity contribution in [2.75, 3.05) is 20.8 Å². The fraction of sp³-hybridized carbons (Fsp3) is 0.318. The van der Waals surface area contributed by atoms with Gasteiger partial charge < -0.3 is 14.8 Å². The molecule has 0 saturated carbocycles. The first kappa shape index (κ1) is 24.2. The quantitative estimate of drug-likeness (QED) is 0.462. The predicted octanol–water partition coefficient (Wildman–Crippen LogP) is 4.86. The summed E-state index contributed by atoms with van der Waals surface area (Å²) >= 11 is 6.07. The molecule has 0 aromatic heterocycles. The van der Waals surface area contributed by atoms with Crippen LogP contribution >= 0.6 is 24.0 Å². The number of rotatable bonds is 9. The molecule has 0 radical (unpaired) electrons. The summed E-state index contributed by atoms with van der Waals surface area (Å²) < 4.78 is 10.2. The molecule has 0 saturated heterocycles. The van der Waals surface area contributed by atoms with Crippen LogP contribution in [0.25, 0.3) is 6.08 Å². The molecule has 0 aliphatic carbocycles. The highest BCUT2D eigenvalue weighted by atomic mass is 35.5. The normalized spacial score (nSPS) is 13.0. The molecule has 2 aromatic rings. The predicted molar refractivity (Wildman–Crippen MR) is 117 cm³/mol. The largest absolute Gasteiger partial charge is 0.466 e. The molecule has 0 amide bonds. The first-order chi connectivity index (χ1) is 13.0. The first-order valence-electron chi connectivity index (χ1n) is 8.88. The van der Waals surface area contributed by atoms with Crippen LogP contribution < -0.4 is 5.32 Å². The number of ether oxygens (including phenoxy) is 2. The average molecular weight is 424 g/mol. The SMILES string of the molecule is COC(=O)C=Cc1ccc(CC(C)NCC(OC)c2cccc(Cl)c2)cc1.Cl. The Morgan fingerprint density at radius 3 is 2.50 bits per heavy atom. The molecule has 4 nitrogen and oxygen atoms in total. The Morgan fingerprint density at radius 2 is 1.89 bits per heavy atom. The van der Waals surface area contributed by atoms with Crippen LogP contribution in [-0.2, 0) is 20.7 Å². The summed E-state index contributed by atoms with van der Waals surface area (Å²) in [4.78, 5) is 11.1. The lowest BCUT2D eigenvalue weighted by atomic mass is 10.0. The van der Waals surface area contributed by atoms with Crippen molar-refractivity contribution in [3.8, 4) is 0 Å². The fourth-order valence-corrected chi connectivity index (χ4v) is 2.97. The van der Waals surface area contributed by atoms with E-state index in [9.17, 15) is 4.79 Å². The van der Waals surface area contributed by atoms with Crippen molar-refractivity contribution in [2.45, 2.75) is 25.5 Å². The van der Waals surface area contributed by atoms with Gasteiger partial charge in [-0.15, -0.1) is 12.4 Å². The Balaban J connectivity index is 0.00000392. The maximum absolute atomic E-state index is 11.1. The lowest BCUT2D eigenvalue weighted by Gasteiger charge is -2.20. The molecule has 0 fully saturated rings. The molecule has 2 rings (SSSR count). The minimum atomic E-state index is -0.357. The van der Waals surface area contributed by atoms with E-state index >= 15 is 0 Å². The molecule has 28 heavy (non-hydrogen) atoms. The van der Waals surface area contributed by atoms with Gasteiger partial charge in [0.25, 0.3) is 0 Å². The fourth-order valence-electron chi connectivity index (χ4n) is 2.78. The van der Waals surface area contributed by atoms with Gasteiger partial charge in [0.1, 0.15) is 0 Å². The third-order valence-electron chi connectivity index (χ3n) is 4.29. The van der Waals surface area contributed by atoms with Gasteiger partial charge in [-0.25, -0.2) is 4.79 Å². The van der Waals surface area contributed by atoms with Crippen LogP contribution in [0.5, 0.6) is 0 Å². The Labute approximate surface area is 178 Å². The topological polar surface area (TPSA) is 47.6 Å². The van der Waals surface area contributed by atoms with Gasteiger partial charge in [-0.1, -0.05) is 48.0 Å². The van der Waals surface area contributed by atoms with Gasteiger partial charge in [-0.05, 0) is 48.2 Å². The molecule has 0 heterocycles. The molecule has 152 valence electrons. The van der Waals surface area contributed by atoms with Gasteiger partial charge >= 0.3 is 5.97 Å². The maximum atomic E-state index is 11.1. The van der Waals surface area contributed by atoms with Crippen LogP contribution in [-0.4, -0.2) is 32.8 Å². The number of esters is 1. The minimum Gasteiger partial charge on any atom is -0.466 e. The van der Waals surface area contributed by atoms with E-state index in [0.717, 1.165) is 17.5 Å². The summed E-state index contributed by atoms with van der Waals surface area (Å²) in [6, 6.07) is 16.2. The number of hydrogen-bond acceptors (Lipinski definition) is 4. The van der Waals surface area contributed by atoms with Crippen molar-refractivity contribution < 1.29 is 14.3 Å². The van der Waals surface area contributed by atoms with Gasteiger partial charge in [0.05, 0.1) is 13.2 Å². The lowest BCUT2D eigenvalue weighted by Crippen LogP contribution is -2.32. The highest BCUT2D eigenvalue weighted by Gasteiger charge is 2.12. The van der Waals surface area contributed by atoms with E-state index in [-0.39, 0.29) is 24.5 Å². The standard InChI is InChI=1S/C22H26ClNO3.ClH/c1-16(24-15-21(26-2)19-5-4-6-20(23)14-19)13-18-9-7-17(8-10-18)11-12-22(25)27-3;/h4-12,14,16,21,24H,13,15H2,1-3H3;1H. The Morgan fingerprint density at radius 1 is 1.18 bits per heavy atom. The molecule has 0 aliphatic rings. The van der Waals surface area contributed by atoms with Crippen LogP contribution in [0.15, 0.2) is 54.6 Å². The highest BCUT2D eigenvalue weighted by Crippen LogP contribution is 2.20. The summed E-state index contributed by atoms with van der Waals surface area (Å²) in [5, 5.41) is 4.23. The Hall–Kier alpha value is -1.85. The van der Waals surface area contributed by atoms with E-state index in [1.165, 1.54) is 18.7 Å². The molecule has 2 atom stereocenters. The van der Waals surface area contributed by atoms with Crippen LogP contribution in [0.4, 0.5) is 0 Å². The van der Waals surface area contributed by atoms with Crippen molar-refractivity contribution >= 4 is 36.1 Å². The monoisotopic (exact) mass is 423 g/mol. The zero-order valence-corrected chi connectivity index (χ0v) is 17.9. The number of nitrogens with one attached hydrogen (secondary N) is 1. The number of halogens is 2. The minimum absolute atomic E-state index is 0. The van der Waals surface area contributed by atoms with E-state index in [1.54, 1.807) is 13.2 Å². The summed E-state index contributed by atoms with van der Waals surface area (Å²) in [6.45, 7) is 2.85. The maximum Gasteiger partial charge on any atom is 0.330 e. The second-order valence-electron chi connectivity index (χ2n) is 6.39. The number of carbonyl (C=O) groups excluding carboxylic acids is 1. The summed E-state index contributed by atoms with van der Waals surface area (Å²) in [6.07, 6.45) is 4.01. The van der Waals surface area contributed by atoms with Gasteiger partial charge in [0.15, 0.2) is 0 Å². The Bertz CT molecular complexity index is 763. The number of carbonyl (C=O) groups is 1. The summed E-state index contributed by atoms with van der Waals surface area (Å²) in [5.74, 6) is -0.357. The molecular weight excluding hydrogens is 397 g/mol. The third kappa shape index (κ3) is 8.03. The number of benzene rings is 2. The van der Waals surface area contributed by atoms with Gasteiger partial charge in [-0.3, -0.25) is 0 Å². The summed E-state index contributed by atoms with van der Waals surface area (Å²) in [5.41, 5.74) is 3.25. The van der Waals surface area contributed by atoms with Crippen LogP contribution in [0, 0.1) is 0 Å². The van der Waals surface area contributed by atoms with Crippen LogP contribution in [0.1, 0.15) is 29.7 Å². The Kier molecular flexibility index (Phi) is 10.9. The van der Waals surface area contributed by atoms with E-state index in [0.29, 0.717) is 17.6 Å². The second-order valence-corrected chi connectivity index (χ2v) is 6.83. The molecule has 0 bridgehead atoms. The molecule has 1 N–H and O–H groups in total. The molecular formula is C22H27Cl2NO3. The van der Waals surface area contributed by atoms with Crippen molar-refractivity contribution in [1.82, 2.24) is 5.32 Å². The molecule has 6 heteroatoms. The van der Waals surface area contributed by atoms with Gasteiger partial charge in [-0.2, -0.15) is 0 Å². The smallest absolute Gasteiger partial charge is 0.330 e.